The molecule has 1 heterocycles. The van der Waals surface area contributed by atoms with Crippen molar-refractivity contribution >= 4 is 21.6 Å². The van der Waals surface area contributed by atoms with Gasteiger partial charge in [0.05, 0.1) is 0 Å². The van der Waals surface area contributed by atoms with E-state index in [9.17, 15) is 0 Å². The van der Waals surface area contributed by atoms with Crippen LogP contribution in [-0.2, 0) is 0 Å². The van der Waals surface area contributed by atoms with Gasteiger partial charge >= 0.3 is 0 Å². The number of rotatable bonds is 1. The summed E-state index contributed by atoms with van der Waals surface area (Å²) in [6.07, 6.45) is 5.40. The van der Waals surface area contributed by atoms with Gasteiger partial charge in [-0.05, 0) is 29.6 Å². The van der Waals surface area contributed by atoms with Crippen molar-refractivity contribution < 1.29 is 0 Å². The maximum absolute atomic E-state index is 2.51. The van der Waals surface area contributed by atoms with E-state index in [2.05, 4.69) is 30.7 Å². The zero-order valence-electron chi connectivity index (χ0n) is 7.04. The summed E-state index contributed by atoms with van der Waals surface area (Å²) in [5.74, 6) is 1.67. The Morgan fingerprint density at radius 1 is 1.45 bits per heavy atom. The molecule has 1 saturated carbocycles. The molecule has 0 spiro atoms. The summed E-state index contributed by atoms with van der Waals surface area (Å²) in [5, 5.41) is 0.961. The lowest BCUT2D eigenvalue weighted by Crippen LogP contribution is -2.28. The maximum Gasteiger partial charge on any atom is 0.0218 e. The summed E-state index contributed by atoms with van der Waals surface area (Å²) in [6.45, 7) is 4.58. The fourth-order valence-corrected chi connectivity index (χ4v) is 4.86. The Balaban J connectivity index is 2.06. The van der Waals surface area contributed by atoms with E-state index in [1.165, 1.54) is 12.8 Å². The summed E-state index contributed by atoms with van der Waals surface area (Å²) in [6, 6.07) is 0. The highest BCUT2D eigenvalue weighted by atomic mass is 33.1. The molecule has 2 heteroatoms. The summed E-state index contributed by atoms with van der Waals surface area (Å²) < 4.78 is 0. The summed E-state index contributed by atoms with van der Waals surface area (Å²) in [5.41, 5.74) is 0. The van der Waals surface area contributed by atoms with Crippen molar-refractivity contribution in [3.8, 4) is 0 Å². The van der Waals surface area contributed by atoms with Crippen LogP contribution in [0.4, 0.5) is 0 Å². The Morgan fingerprint density at radius 2 is 2.27 bits per heavy atom. The maximum atomic E-state index is 2.51. The van der Waals surface area contributed by atoms with Gasteiger partial charge in [0.1, 0.15) is 0 Å². The summed E-state index contributed by atoms with van der Waals surface area (Å²) >= 11 is 0. The van der Waals surface area contributed by atoms with E-state index in [1.54, 1.807) is 4.91 Å². The Kier molecular flexibility index (Phi) is 2.24. The first-order valence-electron chi connectivity index (χ1n) is 4.32. The number of fused-ring (bicyclic) bond motifs is 1. The molecule has 2 unspecified atom stereocenters. The monoisotopic (exact) mass is 186 g/mol. The Bertz CT molecular complexity index is 184. The van der Waals surface area contributed by atoms with E-state index in [0.29, 0.717) is 0 Å². The normalized spacial score (nSPS) is 36.1. The topological polar surface area (TPSA) is 0 Å². The number of allylic oxidation sites excluding steroid dienone is 2. The molecule has 0 aromatic rings. The van der Waals surface area contributed by atoms with Crippen LogP contribution in [0.5, 0.6) is 0 Å². The van der Waals surface area contributed by atoms with Crippen LogP contribution in [0, 0.1) is 11.8 Å². The molecule has 1 aliphatic heterocycles. The number of hydrogen-bond acceptors (Lipinski definition) is 2. The van der Waals surface area contributed by atoms with Gasteiger partial charge < -0.3 is 0 Å². The van der Waals surface area contributed by atoms with Crippen molar-refractivity contribution in [1.82, 2.24) is 0 Å². The molecule has 2 rings (SSSR count). The second kappa shape index (κ2) is 3.06. The highest BCUT2D eigenvalue weighted by Gasteiger charge is 2.33. The third-order valence-electron chi connectivity index (χ3n) is 2.48. The Labute approximate surface area is 76.6 Å². The second-order valence-corrected chi connectivity index (χ2v) is 6.20. The fourth-order valence-electron chi connectivity index (χ4n) is 1.45. The van der Waals surface area contributed by atoms with Gasteiger partial charge in [-0.25, -0.2) is 0 Å². The van der Waals surface area contributed by atoms with E-state index in [1.807, 2.05) is 10.8 Å². The molecule has 0 radical (unpaired) electrons. The second-order valence-electron chi connectivity index (χ2n) is 3.68. The standard InChI is InChI=1S/C9H14S2/c1-6(2)9-5-7-3-4-8(7)10-11-9/h5-8H,3-4H2,1-2H3. The minimum Gasteiger partial charge on any atom is -0.0852 e. The molecule has 1 aliphatic carbocycles. The van der Waals surface area contributed by atoms with Crippen LogP contribution in [0.15, 0.2) is 11.0 Å². The van der Waals surface area contributed by atoms with E-state index in [-0.39, 0.29) is 0 Å². The first kappa shape index (κ1) is 8.06. The van der Waals surface area contributed by atoms with Crippen LogP contribution in [-0.4, -0.2) is 5.25 Å². The van der Waals surface area contributed by atoms with Gasteiger partial charge in [0.25, 0.3) is 0 Å². The first-order chi connectivity index (χ1) is 5.27. The average molecular weight is 186 g/mol. The average Bonchev–Trinajstić information content (AvgIpc) is 1.91. The smallest absolute Gasteiger partial charge is 0.0218 e. The van der Waals surface area contributed by atoms with Gasteiger partial charge in [0, 0.05) is 5.25 Å². The lowest BCUT2D eigenvalue weighted by molar-refractivity contribution is 0.403. The lowest BCUT2D eigenvalue weighted by Gasteiger charge is -2.38. The van der Waals surface area contributed by atoms with Crippen LogP contribution in [0.3, 0.4) is 0 Å². The molecule has 0 aromatic carbocycles. The third kappa shape index (κ3) is 1.48. The van der Waals surface area contributed by atoms with Crippen LogP contribution in [0.1, 0.15) is 26.7 Å². The Hall–Kier alpha value is 0.440. The van der Waals surface area contributed by atoms with Crippen molar-refractivity contribution in [3.63, 3.8) is 0 Å². The van der Waals surface area contributed by atoms with Gasteiger partial charge in [-0.2, -0.15) is 0 Å². The van der Waals surface area contributed by atoms with E-state index in [0.717, 1.165) is 17.1 Å². The third-order valence-corrected chi connectivity index (χ3v) is 5.81. The van der Waals surface area contributed by atoms with Crippen molar-refractivity contribution in [2.75, 3.05) is 0 Å². The van der Waals surface area contributed by atoms with Crippen LogP contribution in [0.25, 0.3) is 0 Å². The van der Waals surface area contributed by atoms with Crippen LogP contribution in [0.2, 0.25) is 0 Å². The minimum absolute atomic E-state index is 0.744. The zero-order valence-corrected chi connectivity index (χ0v) is 8.67. The van der Waals surface area contributed by atoms with Gasteiger partial charge in [0.15, 0.2) is 0 Å². The SMILES string of the molecule is CC(C)C1=CC2CCC2SS1. The molecule has 11 heavy (non-hydrogen) atoms. The molecule has 0 saturated heterocycles. The largest absolute Gasteiger partial charge is 0.0852 e. The predicted octanol–water partition coefficient (Wildman–Crippen LogP) is 3.70. The predicted molar refractivity (Wildman–Crippen MR) is 54.6 cm³/mol. The summed E-state index contributed by atoms with van der Waals surface area (Å²) in [4.78, 5) is 1.61. The molecular formula is C9H14S2. The molecule has 2 atom stereocenters. The van der Waals surface area contributed by atoms with E-state index < -0.39 is 0 Å². The van der Waals surface area contributed by atoms with Crippen molar-refractivity contribution in [1.29, 1.82) is 0 Å². The molecule has 1 fully saturated rings. The highest BCUT2D eigenvalue weighted by molar-refractivity contribution is 8.78. The molecule has 0 bridgehead atoms. The first-order valence-corrected chi connectivity index (χ1v) is 6.53. The van der Waals surface area contributed by atoms with E-state index in [4.69, 9.17) is 0 Å². The van der Waals surface area contributed by atoms with Gasteiger partial charge in [0.2, 0.25) is 0 Å². The zero-order chi connectivity index (χ0) is 7.84. The van der Waals surface area contributed by atoms with Gasteiger partial charge in [-0.3, -0.25) is 0 Å². The molecular weight excluding hydrogens is 172 g/mol. The molecule has 62 valence electrons. The lowest BCUT2D eigenvalue weighted by atomic mass is 9.84. The van der Waals surface area contributed by atoms with Crippen molar-refractivity contribution in [3.05, 3.63) is 11.0 Å². The van der Waals surface area contributed by atoms with E-state index >= 15 is 0 Å². The summed E-state index contributed by atoms with van der Waals surface area (Å²) in [7, 11) is 4.11. The van der Waals surface area contributed by atoms with Crippen molar-refractivity contribution in [2.45, 2.75) is 31.9 Å². The molecule has 0 N–H and O–H groups in total. The van der Waals surface area contributed by atoms with Crippen LogP contribution >= 0.6 is 21.6 Å². The fraction of sp³-hybridized carbons (Fsp3) is 0.778. The number of hydrogen-bond donors (Lipinski definition) is 0. The quantitative estimate of drug-likeness (QED) is 0.573. The molecule has 2 aliphatic rings. The minimum atomic E-state index is 0.744. The molecule has 0 amide bonds. The van der Waals surface area contributed by atoms with Gasteiger partial charge in [-0.15, -0.1) is 0 Å². The molecule has 0 nitrogen and oxygen atoms in total. The highest BCUT2D eigenvalue weighted by Crippen LogP contribution is 2.52. The van der Waals surface area contributed by atoms with Crippen LogP contribution < -0.4 is 0 Å². The van der Waals surface area contributed by atoms with Gasteiger partial charge in [-0.1, -0.05) is 41.5 Å². The van der Waals surface area contributed by atoms with Crippen molar-refractivity contribution in [2.24, 2.45) is 11.8 Å². The Morgan fingerprint density at radius 3 is 2.73 bits per heavy atom. The molecule has 0 aromatic heterocycles.